The number of rotatable bonds is 0. The molecular formula is C15H19NO3. The minimum atomic E-state index is -0.254. The number of nitrogens with one attached hydrogen (secondary N) is 1. The summed E-state index contributed by atoms with van der Waals surface area (Å²) in [6.07, 6.45) is 7.65. The lowest BCUT2D eigenvalue weighted by atomic mass is 9.76. The summed E-state index contributed by atoms with van der Waals surface area (Å²) in [7, 11) is 0. The first-order valence-electron chi connectivity index (χ1n) is 7.13. The van der Waals surface area contributed by atoms with Crippen LogP contribution in [0.2, 0.25) is 0 Å². The van der Waals surface area contributed by atoms with Crippen molar-refractivity contribution >= 4 is 0 Å². The maximum atomic E-state index is 10.3. The highest BCUT2D eigenvalue weighted by Crippen LogP contribution is 2.51. The Morgan fingerprint density at radius 1 is 1.21 bits per heavy atom. The van der Waals surface area contributed by atoms with Crippen molar-refractivity contribution < 1.29 is 14.9 Å². The highest BCUT2D eigenvalue weighted by atomic mass is 16.5. The fourth-order valence-corrected chi connectivity index (χ4v) is 4.19. The van der Waals surface area contributed by atoms with Crippen molar-refractivity contribution in [1.82, 2.24) is 5.32 Å². The highest BCUT2D eigenvalue weighted by Gasteiger charge is 2.51. The molecule has 3 N–H and O–H groups in total. The van der Waals surface area contributed by atoms with Gasteiger partial charge in [0.1, 0.15) is 11.5 Å². The Labute approximate surface area is 112 Å². The van der Waals surface area contributed by atoms with Crippen molar-refractivity contribution in [1.29, 1.82) is 0 Å². The van der Waals surface area contributed by atoms with E-state index in [1.807, 2.05) is 0 Å². The minimum absolute atomic E-state index is 0.167. The van der Waals surface area contributed by atoms with Gasteiger partial charge in [-0.15, -0.1) is 0 Å². The largest absolute Gasteiger partial charge is 0.510 e. The topological polar surface area (TPSA) is 61.7 Å². The third-order valence-corrected chi connectivity index (χ3v) is 5.00. The van der Waals surface area contributed by atoms with Crippen LogP contribution in [0.1, 0.15) is 25.7 Å². The van der Waals surface area contributed by atoms with Gasteiger partial charge in [-0.05, 0) is 30.6 Å². The van der Waals surface area contributed by atoms with Crippen LogP contribution in [0, 0.1) is 5.92 Å². The van der Waals surface area contributed by atoms with Crippen molar-refractivity contribution in [2.45, 2.75) is 37.3 Å². The predicted octanol–water partition coefficient (Wildman–Crippen LogP) is 2.11. The molecule has 0 aromatic heterocycles. The molecule has 0 bridgehead atoms. The lowest BCUT2D eigenvalue weighted by Gasteiger charge is -2.37. The molecule has 4 nitrogen and oxygen atoms in total. The summed E-state index contributed by atoms with van der Waals surface area (Å²) < 4.78 is 6.14. The molecule has 1 saturated carbocycles. The third-order valence-electron chi connectivity index (χ3n) is 5.00. The quantitative estimate of drug-likeness (QED) is 0.625. The van der Waals surface area contributed by atoms with Crippen LogP contribution in [0.3, 0.4) is 0 Å². The van der Waals surface area contributed by atoms with Crippen molar-refractivity contribution in [3.05, 3.63) is 34.8 Å². The van der Waals surface area contributed by atoms with Gasteiger partial charge < -0.3 is 20.3 Å². The Morgan fingerprint density at radius 3 is 2.79 bits per heavy atom. The number of ether oxygens (including phenoxy) is 1. The summed E-state index contributed by atoms with van der Waals surface area (Å²) >= 11 is 0. The van der Waals surface area contributed by atoms with Gasteiger partial charge in [0.2, 0.25) is 0 Å². The minimum Gasteiger partial charge on any atom is -0.510 e. The van der Waals surface area contributed by atoms with Gasteiger partial charge in [-0.3, -0.25) is 0 Å². The Bertz CT molecular complexity index is 511. The van der Waals surface area contributed by atoms with Crippen LogP contribution < -0.4 is 5.32 Å². The van der Waals surface area contributed by atoms with Crippen molar-refractivity contribution in [3.8, 4) is 0 Å². The fourth-order valence-electron chi connectivity index (χ4n) is 4.19. The lowest BCUT2D eigenvalue weighted by molar-refractivity contribution is 0.0266. The summed E-state index contributed by atoms with van der Waals surface area (Å²) in [5.74, 6) is 0.913. The molecule has 0 aromatic rings. The number of fused-ring (bicyclic) bond motifs is 3. The van der Waals surface area contributed by atoms with Crippen LogP contribution in [-0.4, -0.2) is 35.0 Å². The second-order valence-electron chi connectivity index (χ2n) is 6.02. The molecule has 0 radical (unpaired) electrons. The van der Waals surface area contributed by atoms with E-state index in [4.69, 9.17) is 4.74 Å². The molecule has 4 aliphatic rings. The Kier molecular flexibility index (Phi) is 2.35. The Hall–Kier alpha value is -1.26. The van der Waals surface area contributed by atoms with Gasteiger partial charge >= 0.3 is 0 Å². The van der Waals surface area contributed by atoms with Gasteiger partial charge in [0.05, 0.1) is 18.2 Å². The number of aliphatic hydroxyl groups excluding tert-OH is 2. The first-order valence-corrected chi connectivity index (χ1v) is 7.13. The molecule has 2 unspecified atom stereocenters. The number of hydrogen-bond donors (Lipinski definition) is 3. The molecule has 4 heteroatoms. The molecule has 2 aliphatic heterocycles. The maximum Gasteiger partial charge on any atom is 0.121 e. The zero-order valence-corrected chi connectivity index (χ0v) is 10.9. The van der Waals surface area contributed by atoms with Crippen LogP contribution in [0.5, 0.6) is 0 Å². The predicted molar refractivity (Wildman–Crippen MR) is 70.9 cm³/mol. The Morgan fingerprint density at radius 2 is 2.00 bits per heavy atom. The van der Waals surface area contributed by atoms with E-state index in [1.165, 1.54) is 18.4 Å². The number of aliphatic hydroxyl groups is 2. The normalized spacial score (nSPS) is 36.0. The van der Waals surface area contributed by atoms with Gasteiger partial charge in [0.25, 0.3) is 0 Å². The Balaban J connectivity index is 1.89. The lowest BCUT2D eigenvalue weighted by Crippen LogP contribution is -2.46. The summed E-state index contributed by atoms with van der Waals surface area (Å²) in [4.78, 5) is 0. The van der Waals surface area contributed by atoms with Gasteiger partial charge in [-0.2, -0.15) is 0 Å². The zero-order valence-electron chi connectivity index (χ0n) is 10.9. The number of hydrogen-bond acceptors (Lipinski definition) is 4. The first kappa shape index (κ1) is 11.6. The van der Waals surface area contributed by atoms with Crippen LogP contribution >= 0.6 is 0 Å². The molecule has 2 atom stereocenters. The molecule has 2 heterocycles. The van der Waals surface area contributed by atoms with E-state index < -0.39 is 0 Å². The van der Waals surface area contributed by atoms with E-state index >= 15 is 0 Å². The summed E-state index contributed by atoms with van der Waals surface area (Å²) in [5.41, 5.74) is 1.96. The molecule has 1 spiro atoms. The van der Waals surface area contributed by atoms with E-state index in [0.717, 1.165) is 31.6 Å². The zero-order chi connectivity index (χ0) is 13.0. The SMILES string of the molecule is OC1=CC=C(O)C2NCC3COC4(CCCC4)C3=C12. The number of allylic oxidation sites excluding steroid dienone is 2. The molecule has 0 amide bonds. The fraction of sp³-hybridized carbons (Fsp3) is 0.600. The first-order chi connectivity index (χ1) is 9.21. The highest BCUT2D eigenvalue weighted by molar-refractivity contribution is 5.51. The monoisotopic (exact) mass is 261 g/mol. The molecule has 19 heavy (non-hydrogen) atoms. The van der Waals surface area contributed by atoms with Gasteiger partial charge in [-0.1, -0.05) is 12.8 Å². The van der Waals surface area contributed by atoms with E-state index in [1.54, 1.807) is 12.2 Å². The van der Waals surface area contributed by atoms with Gasteiger partial charge in [0.15, 0.2) is 0 Å². The maximum absolute atomic E-state index is 10.3. The standard InChI is InChI=1S/C15H19NO3/c17-10-3-4-11(18)14-12(10)13-9(7-16-14)8-19-15(13)5-1-2-6-15/h3-4,9,14,16-18H,1-2,5-8H2. The summed E-state index contributed by atoms with van der Waals surface area (Å²) in [6.45, 7) is 1.55. The molecule has 1 saturated heterocycles. The van der Waals surface area contributed by atoms with Gasteiger partial charge in [-0.25, -0.2) is 0 Å². The van der Waals surface area contributed by atoms with E-state index in [0.29, 0.717) is 11.7 Å². The van der Waals surface area contributed by atoms with E-state index in [-0.39, 0.29) is 17.4 Å². The molecule has 2 aliphatic carbocycles. The van der Waals surface area contributed by atoms with Crippen LogP contribution in [-0.2, 0) is 4.74 Å². The van der Waals surface area contributed by atoms with E-state index in [2.05, 4.69) is 5.32 Å². The average Bonchev–Trinajstić information content (AvgIpc) is 3.03. The van der Waals surface area contributed by atoms with Crippen LogP contribution in [0.25, 0.3) is 0 Å². The second-order valence-corrected chi connectivity index (χ2v) is 6.02. The summed E-state index contributed by atoms with van der Waals surface area (Å²) in [6, 6.07) is -0.254. The van der Waals surface area contributed by atoms with Gasteiger partial charge in [0, 0.05) is 18.0 Å². The van der Waals surface area contributed by atoms with Crippen LogP contribution in [0.4, 0.5) is 0 Å². The molecule has 4 rings (SSSR count). The van der Waals surface area contributed by atoms with Crippen LogP contribution in [0.15, 0.2) is 34.8 Å². The molecular weight excluding hydrogens is 242 g/mol. The van der Waals surface area contributed by atoms with Crippen molar-refractivity contribution in [2.75, 3.05) is 13.2 Å². The second kappa shape index (κ2) is 3.87. The molecule has 2 fully saturated rings. The smallest absolute Gasteiger partial charge is 0.121 e. The van der Waals surface area contributed by atoms with Crippen molar-refractivity contribution in [2.24, 2.45) is 5.92 Å². The average molecular weight is 261 g/mol. The molecule has 0 aromatic carbocycles. The third kappa shape index (κ3) is 1.47. The van der Waals surface area contributed by atoms with E-state index in [9.17, 15) is 10.2 Å². The molecule has 102 valence electrons. The summed E-state index contributed by atoms with van der Waals surface area (Å²) in [5, 5.41) is 23.6. The van der Waals surface area contributed by atoms with Crippen molar-refractivity contribution in [3.63, 3.8) is 0 Å².